The first-order valence-electron chi connectivity index (χ1n) is 9.88. The summed E-state index contributed by atoms with van der Waals surface area (Å²) >= 11 is 1.19. The number of ether oxygens (including phenoxy) is 1. The number of nitrogens with zero attached hydrogens (tertiary/aromatic N) is 1. The molecule has 6 nitrogen and oxygen atoms in total. The van der Waals surface area contributed by atoms with E-state index in [4.69, 9.17) is 4.74 Å². The molecule has 0 aliphatic heterocycles. The van der Waals surface area contributed by atoms with Crippen molar-refractivity contribution < 1.29 is 23.5 Å². The SMILES string of the molecule is O=C(COC(=O)c1ccccc1C(=O)c1ccccc1)Nc1nc(-c2ccc(F)cc2)cs1. The highest BCUT2D eigenvalue weighted by Crippen LogP contribution is 2.25. The van der Waals surface area contributed by atoms with Crippen LogP contribution < -0.4 is 5.32 Å². The molecule has 33 heavy (non-hydrogen) atoms. The number of carbonyl (C=O) groups is 3. The van der Waals surface area contributed by atoms with Crippen molar-refractivity contribution in [3.8, 4) is 11.3 Å². The molecule has 0 spiro atoms. The Kier molecular flexibility index (Phi) is 6.66. The molecule has 0 saturated heterocycles. The summed E-state index contributed by atoms with van der Waals surface area (Å²) in [6.45, 7) is -0.543. The van der Waals surface area contributed by atoms with Crippen LogP contribution in [0.5, 0.6) is 0 Å². The Balaban J connectivity index is 1.38. The van der Waals surface area contributed by atoms with Gasteiger partial charge in [0.15, 0.2) is 17.5 Å². The summed E-state index contributed by atoms with van der Waals surface area (Å²) in [7, 11) is 0. The van der Waals surface area contributed by atoms with E-state index in [-0.39, 0.29) is 22.7 Å². The first kappa shape index (κ1) is 22.0. The number of hydrogen-bond donors (Lipinski definition) is 1. The molecule has 0 fully saturated rings. The zero-order valence-electron chi connectivity index (χ0n) is 17.2. The molecule has 0 aliphatic carbocycles. The van der Waals surface area contributed by atoms with Gasteiger partial charge in [-0.2, -0.15) is 0 Å². The molecule has 8 heteroatoms. The number of thiazole rings is 1. The van der Waals surface area contributed by atoms with Crippen LogP contribution in [0.2, 0.25) is 0 Å². The van der Waals surface area contributed by atoms with Crippen molar-refractivity contribution in [3.63, 3.8) is 0 Å². The van der Waals surface area contributed by atoms with E-state index in [0.29, 0.717) is 22.0 Å². The molecular formula is C25H17FN2O4S. The Bertz CT molecular complexity index is 1300. The van der Waals surface area contributed by atoms with Crippen molar-refractivity contribution in [3.05, 3.63) is 107 Å². The average Bonchev–Trinajstić information content (AvgIpc) is 3.31. The lowest BCUT2D eigenvalue weighted by atomic mass is 9.98. The lowest BCUT2D eigenvalue weighted by Gasteiger charge is -2.09. The summed E-state index contributed by atoms with van der Waals surface area (Å²) in [6, 6.07) is 20.7. The Morgan fingerprint density at radius 2 is 1.55 bits per heavy atom. The van der Waals surface area contributed by atoms with Gasteiger partial charge in [0.25, 0.3) is 5.91 Å². The van der Waals surface area contributed by atoms with E-state index in [2.05, 4.69) is 10.3 Å². The maximum Gasteiger partial charge on any atom is 0.339 e. The number of carbonyl (C=O) groups excluding carboxylic acids is 3. The van der Waals surface area contributed by atoms with Crippen molar-refractivity contribution in [2.24, 2.45) is 0 Å². The van der Waals surface area contributed by atoms with Gasteiger partial charge < -0.3 is 4.74 Å². The second-order valence-corrected chi connectivity index (χ2v) is 7.77. The summed E-state index contributed by atoms with van der Waals surface area (Å²) in [5.74, 6) is -2.02. The van der Waals surface area contributed by atoms with Gasteiger partial charge in [0.05, 0.1) is 11.3 Å². The fourth-order valence-electron chi connectivity index (χ4n) is 3.05. The Labute approximate surface area is 192 Å². The highest BCUT2D eigenvalue weighted by Gasteiger charge is 2.20. The number of ketones is 1. The summed E-state index contributed by atoms with van der Waals surface area (Å²) < 4.78 is 18.2. The summed E-state index contributed by atoms with van der Waals surface area (Å²) in [4.78, 5) is 41.9. The number of aromatic nitrogens is 1. The zero-order valence-corrected chi connectivity index (χ0v) is 18.0. The molecule has 0 saturated carbocycles. The molecule has 0 aliphatic rings. The van der Waals surface area contributed by atoms with Crippen LogP contribution in [-0.2, 0) is 9.53 Å². The number of anilines is 1. The molecule has 4 aromatic rings. The van der Waals surface area contributed by atoms with E-state index >= 15 is 0 Å². The fourth-order valence-corrected chi connectivity index (χ4v) is 3.79. The van der Waals surface area contributed by atoms with Crippen LogP contribution in [0.4, 0.5) is 9.52 Å². The van der Waals surface area contributed by atoms with E-state index in [1.165, 1.54) is 29.5 Å². The van der Waals surface area contributed by atoms with Crippen molar-refractivity contribution in [2.45, 2.75) is 0 Å². The Morgan fingerprint density at radius 1 is 0.879 bits per heavy atom. The molecule has 0 unspecified atom stereocenters. The number of benzene rings is 3. The van der Waals surface area contributed by atoms with Gasteiger partial charge in [0.2, 0.25) is 0 Å². The minimum Gasteiger partial charge on any atom is -0.452 e. The smallest absolute Gasteiger partial charge is 0.339 e. The summed E-state index contributed by atoms with van der Waals surface area (Å²) in [6.07, 6.45) is 0. The van der Waals surface area contributed by atoms with Gasteiger partial charge in [-0.3, -0.25) is 14.9 Å². The van der Waals surface area contributed by atoms with Crippen LogP contribution in [0, 0.1) is 5.82 Å². The first-order valence-corrected chi connectivity index (χ1v) is 10.8. The normalized spacial score (nSPS) is 10.5. The second-order valence-electron chi connectivity index (χ2n) is 6.91. The highest BCUT2D eigenvalue weighted by molar-refractivity contribution is 7.14. The Hall–Kier alpha value is -4.17. The molecule has 1 N–H and O–H groups in total. The predicted octanol–water partition coefficient (Wildman–Crippen LogP) is 4.98. The molecule has 1 amide bonds. The summed E-state index contributed by atoms with van der Waals surface area (Å²) in [5, 5.41) is 4.60. The van der Waals surface area contributed by atoms with Crippen LogP contribution in [0.25, 0.3) is 11.3 Å². The van der Waals surface area contributed by atoms with Crippen molar-refractivity contribution in [1.82, 2.24) is 4.98 Å². The lowest BCUT2D eigenvalue weighted by Crippen LogP contribution is -2.22. The van der Waals surface area contributed by atoms with Crippen LogP contribution in [-0.4, -0.2) is 29.3 Å². The van der Waals surface area contributed by atoms with Gasteiger partial charge in [0.1, 0.15) is 5.82 Å². The first-order chi connectivity index (χ1) is 16.0. The third-order valence-electron chi connectivity index (χ3n) is 4.65. The second kappa shape index (κ2) is 9.97. The van der Waals surface area contributed by atoms with Crippen molar-refractivity contribution in [1.29, 1.82) is 0 Å². The third kappa shape index (κ3) is 5.36. The topological polar surface area (TPSA) is 85.4 Å². The van der Waals surface area contributed by atoms with Gasteiger partial charge in [-0.05, 0) is 30.3 Å². The Morgan fingerprint density at radius 3 is 2.27 bits per heavy atom. The quantitative estimate of drug-likeness (QED) is 0.311. The van der Waals surface area contributed by atoms with Crippen LogP contribution >= 0.6 is 11.3 Å². The van der Waals surface area contributed by atoms with Crippen molar-refractivity contribution in [2.75, 3.05) is 11.9 Å². The fraction of sp³-hybridized carbons (Fsp3) is 0.0400. The number of esters is 1. The predicted molar refractivity (Wildman–Crippen MR) is 123 cm³/mol. The van der Waals surface area contributed by atoms with E-state index in [9.17, 15) is 18.8 Å². The molecule has 164 valence electrons. The van der Waals surface area contributed by atoms with Gasteiger partial charge in [-0.25, -0.2) is 14.2 Å². The van der Waals surface area contributed by atoms with Crippen LogP contribution in [0.15, 0.2) is 84.2 Å². The number of halogens is 1. The molecule has 0 radical (unpaired) electrons. The third-order valence-corrected chi connectivity index (χ3v) is 5.41. The molecule has 0 atom stereocenters. The largest absolute Gasteiger partial charge is 0.452 e. The van der Waals surface area contributed by atoms with Gasteiger partial charge >= 0.3 is 5.97 Å². The minimum absolute atomic E-state index is 0.0759. The summed E-state index contributed by atoms with van der Waals surface area (Å²) in [5.41, 5.74) is 2.00. The van der Waals surface area contributed by atoms with E-state index in [1.807, 2.05) is 0 Å². The molecule has 1 aromatic heterocycles. The maximum absolute atomic E-state index is 13.1. The highest BCUT2D eigenvalue weighted by atomic mass is 32.1. The van der Waals surface area contributed by atoms with Gasteiger partial charge in [-0.15, -0.1) is 11.3 Å². The molecule has 4 rings (SSSR count). The van der Waals surface area contributed by atoms with Gasteiger partial charge in [-0.1, -0.05) is 48.5 Å². The van der Waals surface area contributed by atoms with E-state index < -0.39 is 18.5 Å². The molecular weight excluding hydrogens is 443 g/mol. The standard InChI is InChI=1S/C25H17FN2O4S/c26-18-12-10-16(11-13-18)21-15-33-25(27-21)28-22(29)14-32-24(31)20-9-5-4-8-19(20)23(30)17-6-2-1-3-7-17/h1-13,15H,14H2,(H,27,28,29). The minimum atomic E-state index is -0.781. The lowest BCUT2D eigenvalue weighted by molar-refractivity contribution is -0.119. The number of rotatable bonds is 7. The number of amides is 1. The molecule has 1 heterocycles. The van der Waals surface area contributed by atoms with Crippen LogP contribution in [0.1, 0.15) is 26.3 Å². The monoisotopic (exact) mass is 460 g/mol. The van der Waals surface area contributed by atoms with E-state index in [1.54, 1.807) is 66.0 Å². The number of nitrogens with one attached hydrogen (secondary N) is 1. The van der Waals surface area contributed by atoms with Crippen molar-refractivity contribution >= 4 is 34.1 Å². The van der Waals surface area contributed by atoms with Gasteiger partial charge in [0, 0.05) is 22.1 Å². The maximum atomic E-state index is 13.1. The zero-order chi connectivity index (χ0) is 23.2. The molecule has 3 aromatic carbocycles. The van der Waals surface area contributed by atoms with Crippen LogP contribution in [0.3, 0.4) is 0 Å². The molecule has 0 bridgehead atoms. The van der Waals surface area contributed by atoms with E-state index in [0.717, 1.165) is 0 Å². The average molecular weight is 460 g/mol. The number of hydrogen-bond acceptors (Lipinski definition) is 6.